The molecule has 1 aliphatic rings. The van der Waals surface area contributed by atoms with Gasteiger partial charge in [0.2, 0.25) is 5.91 Å². The highest BCUT2D eigenvalue weighted by molar-refractivity contribution is 9.10. The van der Waals surface area contributed by atoms with Crippen LogP contribution in [0.2, 0.25) is 0 Å². The summed E-state index contributed by atoms with van der Waals surface area (Å²) in [5.41, 5.74) is -0.550. The number of para-hydroxylation sites is 1. The van der Waals surface area contributed by atoms with Crippen molar-refractivity contribution in [2.24, 2.45) is 0 Å². The summed E-state index contributed by atoms with van der Waals surface area (Å²) in [6, 6.07) is 12.7. The number of benzene rings is 2. The first-order chi connectivity index (χ1) is 13.3. The lowest BCUT2D eigenvalue weighted by Gasteiger charge is -2.38. The van der Waals surface area contributed by atoms with E-state index in [4.69, 9.17) is 4.74 Å². The van der Waals surface area contributed by atoms with Gasteiger partial charge in [-0.15, -0.1) is 0 Å². The third-order valence-electron chi connectivity index (χ3n) is 4.84. The average molecular weight is 457 g/mol. The van der Waals surface area contributed by atoms with Gasteiger partial charge in [-0.2, -0.15) is 13.2 Å². The minimum Gasteiger partial charge on any atom is -0.381 e. The molecular weight excluding hydrogens is 437 g/mol. The van der Waals surface area contributed by atoms with E-state index in [0.29, 0.717) is 26.1 Å². The van der Waals surface area contributed by atoms with Crippen LogP contribution in [0, 0.1) is 0 Å². The van der Waals surface area contributed by atoms with E-state index in [9.17, 15) is 18.0 Å². The van der Waals surface area contributed by atoms with Gasteiger partial charge in [-0.1, -0.05) is 40.2 Å². The molecule has 0 radical (unpaired) electrons. The highest BCUT2D eigenvalue weighted by Crippen LogP contribution is 2.35. The first kappa shape index (κ1) is 20.8. The van der Waals surface area contributed by atoms with Crippen LogP contribution in [-0.2, 0) is 21.2 Å². The molecule has 1 amide bonds. The Morgan fingerprint density at radius 2 is 1.71 bits per heavy atom. The predicted octanol–water partition coefficient (Wildman–Crippen LogP) is 4.70. The van der Waals surface area contributed by atoms with Crippen molar-refractivity contribution in [1.82, 2.24) is 5.32 Å². The summed E-state index contributed by atoms with van der Waals surface area (Å²) in [4.78, 5) is 12.4. The number of alkyl halides is 3. The summed E-state index contributed by atoms with van der Waals surface area (Å²) in [7, 11) is 0. The second-order valence-electron chi connectivity index (χ2n) is 6.65. The van der Waals surface area contributed by atoms with E-state index in [1.54, 1.807) is 0 Å². The number of amides is 1. The Hall–Kier alpha value is -1.90. The van der Waals surface area contributed by atoms with Crippen LogP contribution in [0.25, 0.3) is 0 Å². The third-order valence-corrected chi connectivity index (χ3v) is 5.37. The van der Waals surface area contributed by atoms with Crippen LogP contribution in [0.15, 0.2) is 53.0 Å². The Labute approximate surface area is 169 Å². The van der Waals surface area contributed by atoms with Gasteiger partial charge in [-0.25, -0.2) is 0 Å². The van der Waals surface area contributed by atoms with E-state index in [1.165, 1.54) is 18.2 Å². The van der Waals surface area contributed by atoms with Gasteiger partial charge in [-0.05, 0) is 42.7 Å². The van der Waals surface area contributed by atoms with Crippen LogP contribution in [0.4, 0.5) is 18.9 Å². The number of hydrogen-bond donors (Lipinski definition) is 2. The predicted molar refractivity (Wildman–Crippen MR) is 104 cm³/mol. The van der Waals surface area contributed by atoms with Crippen molar-refractivity contribution in [2.45, 2.75) is 24.6 Å². The molecule has 0 unspecified atom stereocenters. The number of ether oxygens (including phenoxy) is 1. The Balaban J connectivity index is 1.72. The average Bonchev–Trinajstić information content (AvgIpc) is 2.67. The highest BCUT2D eigenvalue weighted by Gasteiger charge is 2.35. The van der Waals surface area contributed by atoms with Gasteiger partial charge in [0.25, 0.3) is 0 Å². The SMILES string of the molecule is O=C(CNC1(c2ccc(Br)cc2)CCOCC1)Nc1ccccc1C(F)(F)F. The molecule has 0 atom stereocenters. The lowest BCUT2D eigenvalue weighted by atomic mass is 9.82. The Kier molecular flexibility index (Phi) is 6.42. The summed E-state index contributed by atoms with van der Waals surface area (Å²) >= 11 is 3.41. The number of nitrogens with one attached hydrogen (secondary N) is 2. The van der Waals surface area contributed by atoms with Crippen molar-refractivity contribution in [3.8, 4) is 0 Å². The lowest BCUT2D eigenvalue weighted by Crippen LogP contribution is -2.49. The van der Waals surface area contributed by atoms with E-state index in [0.717, 1.165) is 16.1 Å². The first-order valence-electron chi connectivity index (χ1n) is 8.85. The zero-order valence-electron chi connectivity index (χ0n) is 15.0. The molecule has 0 saturated carbocycles. The van der Waals surface area contributed by atoms with Gasteiger partial charge in [0.05, 0.1) is 17.8 Å². The molecule has 0 aliphatic carbocycles. The topological polar surface area (TPSA) is 50.4 Å². The third kappa shape index (κ3) is 4.92. The van der Waals surface area contributed by atoms with Crippen LogP contribution in [0.3, 0.4) is 0 Å². The van der Waals surface area contributed by atoms with E-state index >= 15 is 0 Å². The normalized spacial score (nSPS) is 16.6. The van der Waals surface area contributed by atoms with E-state index < -0.39 is 23.2 Å². The molecule has 1 heterocycles. The molecule has 0 spiro atoms. The molecular formula is C20H20BrF3N2O2. The van der Waals surface area contributed by atoms with Crippen LogP contribution in [-0.4, -0.2) is 25.7 Å². The number of anilines is 1. The van der Waals surface area contributed by atoms with Crippen LogP contribution in [0.1, 0.15) is 24.0 Å². The largest absolute Gasteiger partial charge is 0.418 e. The van der Waals surface area contributed by atoms with Gasteiger partial charge >= 0.3 is 6.18 Å². The fraction of sp³-hybridized carbons (Fsp3) is 0.350. The first-order valence-corrected chi connectivity index (χ1v) is 9.64. The van der Waals surface area contributed by atoms with Crippen LogP contribution < -0.4 is 10.6 Å². The van der Waals surface area contributed by atoms with Gasteiger partial charge in [0, 0.05) is 23.2 Å². The van der Waals surface area contributed by atoms with Gasteiger partial charge in [-0.3, -0.25) is 10.1 Å². The molecule has 2 aromatic rings. The molecule has 150 valence electrons. The Morgan fingerprint density at radius 3 is 2.36 bits per heavy atom. The number of halogens is 4. The maximum Gasteiger partial charge on any atom is 0.418 e. The van der Waals surface area contributed by atoms with Crippen molar-refractivity contribution in [2.75, 3.05) is 25.1 Å². The molecule has 2 N–H and O–H groups in total. The minimum absolute atomic E-state index is 0.109. The van der Waals surface area contributed by atoms with Crippen molar-refractivity contribution in [1.29, 1.82) is 0 Å². The molecule has 28 heavy (non-hydrogen) atoms. The molecule has 2 aromatic carbocycles. The zero-order chi connectivity index (χ0) is 20.2. The summed E-state index contributed by atoms with van der Waals surface area (Å²) in [5, 5.41) is 5.63. The highest BCUT2D eigenvalue weighted by atomic mass is 79.9. The molecule has 3 rings (SSSR count). The molecule has 4 nitrogen and oxygen atoms in total. The summed E-state index contributed by atoms with van der Waals surface area (Å²) in [6.07, 6.45) is -3.20. The number of rotatable bonds is 5. The monoisotopic (exact) mass is 456 g/mol. The number of carbonyl (C=O) groups excluding carboxylic acids is 1. The quantitative estimate of drug-likeness (QED) is 0.685. The van der Waals surface area contributed by atoms with Crippen molar-refractivity contribution in [3.63, 3.8) is 0 Å². The van der Waals surface area contributed by atoms with E-state index in [-0.39, 0.29) is 12.2 Å². The van der Waals surface area contributed by atoms with Crippen LogP contribution in [0.5, 0.6) is 0 Å². The van der Waals surface area contributed by atoms with Crippen molar-refractivity contribution < 1.29 is 22.7 Å². The fourth-order valence-electron chi connectivity index (χ4n) is 3.34. The number of carbonyl (C=O) groups is 1. The van der Waals surface area contributed by atoms with E-state index in [1.807, 2.05) is 24.3 Å². The molecule has 1 aliphatic heterocycles. The van der Waals surface area contributed by atoms with Crippen molar-refractivity contribution >= 4 is 27.5 Å². The van der Waals surface area contributed by atoms with E-state index in [2.05, 4.69) is 26.6 Å². The molecule has 1 saturated heterocycles. The van der Waals surface area contributed by atoms with Gasteiger partial charge in [0.1, 0.15) is 0 Å². The molecule has 8 heteroatoms. The fourth-order valence-corrected chi connectivity index (χ4v) is 3.60. The van der Waals surface area contributed by atoms with Gasteiger partial charge in [0.15, 0.2) is 0 Å². The Bertz CT molecular complexity index is 819. The summed E-state index contributed by atoms with van der Waals surface area (Å²) < 4.78 is 45.7. The second-order valence-corrected chi connectivity index (χ2v) is 7.56. The zero-order valence-corrected chi connectivity index (χ0v) is 16.6. The molecule has 0 bridgehead atoms. The maximum absolute atomic E-state index is 13.1. The lowest BCUT2D eigenvalue weighted by molar-refractivity contribution is -0.137. The molecule has 0 aromatic heterocycles. The summed E-state index contributed by atoms with van der Waals surface area (Å²) in [6.45, 7) is 0.978. The molecule has 1 fully saturated rings. The Morgan fingerprint density at radius 1 is 1.07 bits per heavy atom. The number of hydrogen-bond acceptors (Lipinski definition) is 3. The standard InChI is InChI=1S/C20H20BrF3N2O2/c21-15-7-5-14(6-8-15)19(9-11-28-12-10-19)25-13-18(27)26-17-4-2-1-3-16(17)20(22,23)24/h1-8,25H,9-13H2,(H,26,27). The second kappa shape index (κ2) is 8.63. The van der Waals surface area contributed by atoms with Gasteiger partial charge < -0.3 is 10.1 Å². The smallest absolute Gasteiger partial charge is 0.381 e. The minimum atomic E-state index is -4.53. The summed E-state index contributed by atoms with van der Waals surface area (Å²) in [5.74, 6) is -0.528. The van der Waals surface area contributed by atoms with Crippen molar-refractivity contribution in [3.05, 3.63) is 64.1 Å². The maximum atomic E-state index is 13.1. The van der Waals surface area contributed by atoms with Crippen LogP contribution >= 0.6 is 15.9 Å².